The first kappa shape index (κ1) is 13.6. The van der Waals surface area contributed by atoms with E-state index in [1.807, 2.05) is 39.0 Å². The van der Waals surface area contributed by atoms with Crippen LogP contribution < -0.4 is 5.32 Å². The van der Waals surface area contributed by atoms with Gasteiger partial charge >= 0.3 is 5.97 Å². The van der Waals surface area contributed by atoms with Gasteiger partial charge in [-0.15, -0.1) is 0 Å². The van der Waals surface area contributed by atoms with Crippen LogP contribution >= 0.6 is 0 Å². The van der Waals surface area contributed by atoms with Crippen LogP contribution in [-0.2, 0) is 4.79 Å². The summed E-state index contributed by atoms with van der Waals surface area (Å²) in [7, 11) is 0. The number of carboxylic acid groups (broad SMARTS) is 1. The predicted octanol–water partition coefficient (Wildman–Crippen LogP) is 3.36. The van der Waals surface area contributed by atoms with Crippen molar-refractivity contribution in [2.75, 3.05) is 5.32 Å². The molecule has 1 atom stereocenters. The maximum atomic E-state index is 11.3. The van der Waals surface area contributed by atoms with Crippen molar-refractivity contribution in [1.29, 1.82) is 0 Å². The minimum Gasteiger partial charge on any atom is -0.480 e. The highest BCUT2D eigenvalue weighted by Gasteiger charge is 2.31. The van der Waals surface area contributed by atoms with Crippen LogP contribution in [0.4, 0.5) is 5.69 Å². The van der Waals surface area contributed by atoms with Crippen molar-refractivity contribution in [2.45, 2.75) is 46.1 Å². The minimum absolute atomic E-state index is 0.606. The van der Waals surface area contributed by atoms with Crippen LogP contribution in [-0.4, -0.2) is 16.6 Å². The fourth-order valence-corrected chi connectivity index (χ4v) is 1.86. The van der Waals surface area contributed by atoms with Crippen LogP contribution in [0.25, 0.3) is 0 Å². The van der Waals surface area contributed by atoms with E-state index in [-0.39, 0.29) is 0 Å². The van der Waals surface area contributed by atoms with Crippen LogP contribution in [0.2, 0.25) is 0 Å². The standard InChI is InChI=1S/C14H21NO2/c1-5-8-14(4,13(16)17)15-12-7-6-10(2)11(3)9-12/h6-7,9,15H,5,8H2,1-4H3,(H,16,17). The Morgan fingerprint density at radius 1 is 1.35 bits per heavy atom. The Morgan fingerprint density at radius 2 is 2.00 bits per heavy atom. The van der Waals surface area contributed by atoms with E-state index in [4.69, 9.17) is 0 Å². The Morgan fingerprint density at radius 3 is 2.47 bits per heavy atom. The first-order valence-corrected chi connectivity index (χ1v) is 5.98. The highest BCUT2D eigenvalue weighted by Crippen LogP contribution is 2.22. The van der Waals surface area contributed by atoms with Gasteiger partial charge in [-0.3, -0.25) is 0 Å². The Hall–Kier alpha value is -1.51. The van der Waals surface area contributed by atoms with E-state index >= 15 is 0 Å². The van der Waals surface area contributed by atoms with Gasteiger partial charge in [0.05, 0.1) is 0 Å². The van der Waals surface area contributed by atoms with Gasteiger partial charge in [0.15, 0.2) is 0 Å². The molecule has 0 saturated heterocycles. The van der Waals surface area contributed by atoms with E-state index in [1.54, 1.807) is 6.92 Å². The third kappa shape index (κ3) is 3.22. The zero-order chi connectivity index (χ0) is 13.1. The summed E-state index contributed by atoms with van der Waals surface area (Å²) < 4.78 is 0. The number of rotatable bonds is 5. The molecule has 94 valence electrons. The Bertz CT molecular complexity index is 415. The quantitative estimate of drug-likeness (QED) is 0.822. The van der Waals surface area contributed by atoms with Crippen molar-refractivity contribution in [1.82, 2.24) is 0 Å². The van der Waals surface area contributed by atoms with Crippen molar-refractivity contribution in [2.24, 2.45) is 0 Å². The first-order valence-electron chi connectivity index (χ1n) is 5.98. The van der Waals surface area contributed by atoms with Crippen molar-refractivity contribution in [3.8, 4) is 0 Å². The molecular weight excluding hydrogens is 214 g/mol. The normalized spacial score (nSPS) is 14.1. The van der Waals surface area contributed by atoms with Crippen molar-refractivity contribution in [3.63, 3.8) is 0 Å². The van der Waals surface area contributed by atoms with Gasteiger partial charge in [-0.1, -0.05) is 19.4 Å². The van der Waals surface area contributed by atoms with Gasteiger partial charge in [0.1, 0.15) is 5.54 Å². The van der Waals surface area contributed by atoms with E-state index in [0.29, 0.717) is 6.42 Å². The number of carboxylic acids is 1. The molecule has 0 aromatic heterocycles. The molecule has 0 amide bonds. The molecule has 0 bridgehead atoms. The van der Waals surface area contributed by atoms with Gasteiger partial charge in [0, 0.05) is 5.69 Å². The molecule has 0 aliphatic heterocycles. The molecule has 1 aromatic carbocycles. The lowest BCUT2D eigenvalue weighted by Gasteiger charge is -2.27. The SMILES string of the molecule is CCCC(C)(Nc1ccc(C)c(C)c1)C(=O)O. The zero-order valence-electron chi connectivity index (χ0n) is 11.0. The monoisotopic (exact) mass is 235 g/mol. The molecule has 2 N–H and O–H groups in total. The molecule has 1 aromatic rings. The molecule has 17 heavy (non-hydrogen) atoms. The number of anilines is 1. The van der Waals surface area contributed by atoms with Crippen LogP contribution in [0.1, 0.15) is 37.8 Å². The molecule has 0 radical (unpaired) electrons. The lowest BCUT2D eigenvalue weighted by atomic mass is 9.95. The Kier molecular flexibility index (Phi) is 4.16. The molecular formula is C14H21NO2. The summed E-state index contributed by atoms with van der Waals surface area (Å²) in [6.07, 6.45) is 1.44. The summed E-state index contributed by atoms with van der Waals surface area (Å²) in [5.41, 5.74) is 2.35. The summed E-state index contributed by atoms with van der Waals surface area (Å²) in [5.74, 6) is -0.808. The second kappa shape index (κ2) is 5.21. The molecule has 1 unspecified atom stereocenters. The predicted molar refractivity (Wildman–Crippen MR) is 70.5 cm³/mol. The topological polar surface area (TPSA) is 49.3 Å². The number of carbonyl (C=O) groups is 1. The summed E-state index contributed by atoms with van der Waals surface area (Å²) in [6, 6.07) is 5.93. The van der Waals surface area contributed by atoms with E-state index in [9.17, 15) is 9.90 Å². The fraction of sp³-hybridized carbons (Fsp3) is 0.500. The summed E-state index contributed by atoms with van der Waals surface area (Å²) in [6.45, 7) is 7.79. The zero-order valence-corrected chi connectivity index (χ0v) is 11.0. The second-order valence-corrected chi connectivity index (χ2v) is 4.81. The largest absolute Gasteiger partial charge is 0.480 e. The summed E-state index contributed by atoms with van der Waals surface area (Å²) in [4.78, 5) is 11.3. The Balaban J connectivity index is 2.94. The highest BCUT2D eigenvalue weighted by atomic mass is 16.4. The average molecular weight is 235 g/mol. The van der Waals surface area contributed by atoms with Gasteiger partial charge in [-0.25, -0.2) is 4.79 Å². The lowest BCUT2D eigenvalue weighted by Crippen LogP contribution is -2.43. The second-order valence-electron chi connectivity index (χ2n) is 4.81. The van der Waals surface area contributed by atoms with Crippen molar-refractivity contribution in [3.05, 3.63) is 29.3 Å². The molecule has 0 spiro atoms. The van der Waals surface area contributed by atoms with Crippen LogP contribution in [0.15, 0.2) is 18.2 Å². The number of hydrogen-bond donors (Lipinski definition) is 2. The Labute approximate surface area is 103 Å². The average Bonchev–Trinajstić information content (AvgIpc) is 2.23. The van der Waals surface area contributed by atoms with E-state index in [0.717, 1.165) is 12.1 Å². The molecule has 1 rings (SSSR count). The third-order valence-electron chi connectivity index (χ3n) is 3.15. The number of aryl methyl sites for hydroxylation is 2. The maximum absolute atomic E-state index is 11.3. The van der Waals surface area contributed by atoms with Crippen LogP contribution in [0.3, 0.4) is 0 Å². The minimum atomic E-state index is -0.892. The van der Waals surface area contributed by atoms with E-state index in [1.165, 1.54) is 11.1 Å². The van der Waals surface area contributed by atoms with Gasteiger partial charge in [-0.05, 0) is 50.5 Å². The van der Waals surface area contributed by atoms with Gasteiger partial charge in [0.2, 0.25) is 0 Å². The maximum Gasteiger partial charge on any atom is 0.329 e. The van der Waals surface area contributed by atoms with Gasteiger partial charge in [0.25, 0.3) is 0 Å². The van der Waals surface area contributed by atoms with Crippen LogP contribution in [0, 0.1) is 13.8 Å². The number of benzene rings is 1. The molecule has 0 aliphatic carbocycles. The molecule has 3 heteroatoms. The number of aliphatic carboxylic acids is 1. The van der Waals surface area contributed by atoms with Gasteiger partial charge in [-0.2, -0.15) is 0 Å². The smallest absolute Gasteiger partial charge is 0.329 e. The molecule has 0 fully saturated rings. The number of nitrogens with one attached hydrogen (secondary N) is 1. The molecule has 3 nitrogen and oxygen atoms in total. The lowest BCUT2D eigenvalue weighted by molar-refractivity contribution is -0.141. The molecule has 0 aliphatic rings. The summed E-state index contributed by atoms with van der Waals surface area (Å²) >= 11 is 0. The van der Waals surface area contributed by atoms with E-state index < -0.39 is 11.5 Å². The third-order valence-corrected chi connectivity index (χ3v) is 3.15. The fourth-order valence-electron chi connectivity index (χ4n) is 1.86. The van der Waals surface area contributed by atoms with Crippen molar-refractivity contribution >= 4 is 11.7 Å². The van der Waals surface area contributed by atoms with Crippen LogP contribution in [0.5, 0.6) is 0 Å². The summed E-state index contributed by atoms with van der Waals surface area (Å²) in [5, 5.41) is 12.4. The van der Waals surface area contributed by atoms with Gasteiger partial charge < -0.3 is 10.4 Å². The molecule has 0 saturated carbocycles. The highest BCUT2D eigenvalue weighted by molar-refractivity contribution is 5.82. The first-order chi connectivity index (χ1) is 7.89. The molecule has 0 heterocycles. The van der Waals surface area contributed by atoms with Crippen molar-refractivity contribution < 1.29 is 9.90 Å². The van der Waals surface area contributed by atoms with E-state index in [2.05, 4.69) is 5.32 Å². The number of hydrogen-bond acceptors (Lipinski definition) is 2.